The van der Waals surface area contributed by atoms with Crippen molar-refractivity contribution in [1.82, 2.24) is 4.90 Å². The molecule has 0 bridgehead atoms. The highest BCUT2D eigenvalue weighted by Crippen LogP contribution is 2.21. The predicted molar refractivity (Wildman–Crippen MR) is 131 cm³/mol. The smallest absolute Gasteiger partial charge is 0.255 e. The van der Waals surface area contributed by atoms with Gasteiger partial charge in [0.15, 0.2) is 0 Å². The van der Waals surface area contributed by atoms with Gasteiger partial charge in [0.2, 0.25) is 0 Å². The molecule has 3 aromatic carbocycles. The molecule has 5 heteroatoms. The number of hydrogen-bond donors (Lipinski definition) is 1. The van der Waals surface area contributed by atoms with Crippen LogP contribution in [0, 0.1) is 0 Å². The van der Waals surface area contributed by atoms with Gasteiger partial charge in [-0.1, -0.05) is 55.3 Å². The summed E-state index contributed by atoms with van der Waals surface area (Å²) in [6.45, 7) is 2.11. The Morgan fingerprint density at radius 1 is 0.788 bits per heavy atom. The van der Waals surface area contributed by atoms with Crippen molar-refractivity contribution >= 4 is 17.5 Å². The Balaban J connectivity index is 1.36. The summed E-state index contributed by atoms with van der Waals surface area (Å²) in [6, 6.07) is 24.5. The van der Waals surface area contributed by atoms with Crippen LogP contribution < -0.4 is 10.1 Å². The Labute approximate surface area is 195 Å². The van der Waals surface area contributed by atoms with Crippen molar-refractivity contribution in [3.8, 4) is 5.75 Å². The molecule has 1 fully saturated rings. The molecule has 33 heavy (non-hydrogen) atoms. The lowest BCUT2D eigenvalue weighted by molar-refractivity contribution is 0.0762. The monoisotopic (exact) mass is 442 g/mol. The number of carbonyl (C=O) groups is 2. The van der Waals surface area contributed by atoms with E-state index in [9.17, 15) is 9.59 Å². The van der Waals surface area contributed by atoms with Gasteiger partial charge in [0.25, 0.3) is 11.8 Å². The average molecular weight is 443 g/mol. The van der Waals surface area contributed by atoms with Crippen molar-refractivity contribution in [1.29, 1.82) is 0 Å². The normalized spacial score (nSPS) is 13.8. The number of benzene rings is 3. The number of nitrogens with one attached hydrogen (secondary N) is 1. The van der Waals surface area contributed by atoms with Crippen LogP contribution in [0.5, 0.6) is 5.75 Å². The number of nitrogens with zero attached hydrogens (tertiary/aromatic N) is 1. The second kappa shape index (κ2) is 11.3. The Kier molecular flexibility index (Phi) is 7.75. The second-order valence-electron chi connectivity index (χ2n) is 8.31. The van der Waals surface area contributed by atoms with Gasteiger partial charge in [-0.25, -0.2) is 0 Å². The maximum Gasteiger partial charge on any atom is 0.255 e. The minimum atomic E-state index is -0.248. The Morgan fingerprint density at radius 3 is 2.18 bits per heavy atom. The first kappa shape index (κ1) is 22.6. The van der Waals surface area contributed by atoms with Crippen LogP contribution in [0.2, 0.25) is 0 Å². The number of carbonyl (C=O) groups excluding carboxylic acids is 2. The zero-order valence-electron chi connectivity index (χ0n) is 18.8. The fraction of sp³-hybridized carbons (Fsp3) is 0.286. The van der Waals surface area contributed by atoms with E-state index >= 15 is 0 Å². The van der Waals surface area contributed by atoms with E-state index in [4.69, 9.17) is 4.74 Å². The molecule has 1 aliphatic heterocycles. The zero-order chi connectivity index (χ0) is 22.9. The standard InChI is InChI=1S/C28H30N2O3/c31-27(23-14-16-24(17-15-23)33-21-18-22-10-4-3-5-11-22)29-26-13-7-6-12-25(26)28(32)30-19-8-1-2-9-20-30/h3-7,10-17H,1-2,8-9,18-21H2,(H,29,31). The predicted octanol–water partition coefficient (Wildman–Crippen LogP) is 5.58. The van der Waals surface area contributed by atoms with Gasteiger partial charge in [-0.15, -0.1) is 0 Å². The average Bonchev–Trinajstić information content (AvgIpc) is 3.15. The topological polar surface area (TPSA) is 58.6 Å². The molecule has 0 atom stereocenters. The molecule has 1 aliphatic rings. The molecule has 170 valence electrons. The zero-order valence-corrected chi connectivity index (χ0v) is 18.8. The van der Waals surface area contributed by atoms with Crippen LogP contribution in [-0.4, -0.2) is 36.4 Å². The second-order valence-corrected chi connectivity index (χ2v) is 8.31. The number of anilines is 1. The van der Waals surface area contributed by atoms with Crippen molar-refractivity contribution in [2.24, 2.45) is 0 Å². The number of ether oxygens (including phenoxy) is 1. The third-order valence-corrected chi connectivity index (χ3v) is 5.92. The van der Waals surface area contributed by atoms with E-state index in [0.29, 0.717) is 23.4 Å². The molecule has 1 heterocycles. The lowest BCUT2D eigenvalue weighted by Gasteiger charge is -2.22. The number of hydrogen-bond acceptors (Lipinski definition) is 3. The van der Waals surface area contributed by atoms with E-state index in [0.717, 1.165) is 50.9 Å². The van der Waals surface area contributed by atoms with Gasteiger partial charge in [-0.3, -0.25) is 9.59 Å². The minimum Gasteiger partial charge on any atom is -0.493 e. The van der Waals surface area contributed by atoms with Crippen LogP contribution in [0.15, 0.2) is 78.9 Å². The fourth-order valence-electron chi connectivity index (χ4n) is 4.05. The third kappa shape index (κ3) is 6.22. The van der Waals surface area contributed by atoms with Crippen LogP contribution in [-0.2, 0) is 6.42 Å². The number of rotatable bonds is 7. The highest BCUT2D eigenvalue weighted by Gasteiger charge is 2.20. The molecular formula is C28H30N2O3. The van der Waals surface area contributed by atoms with Gasteiger partial charge in [0.05, 0.1) is 17.9 Å². The summed E-state index contributed by atoms with van der Waals surface area (Å²) in [5, 5.41) is 2.92. The number of para-hydroxylation sites is 1. The van der Waals surface area contributed by atoms with Crippen LogP contribution in [0.1, 0.15) is 52.0 Å². The summed E-state index contributed by atoms with van der Waals surface area (Å²) >= 11 is 0. The molecule has 0 spiro atoms. The summed E-state index contributed by atoms with van der Waals surface area (Å²) in [5.74, 6) is 0.455. The molecule has 4 rings (SSSR count). The van der Waals surface area contributed by atoms with Gasteiger partial charge in [-0.2, -0.15) is 0 Å². The molecule has 3 aromatic rings. The van der Waals surface area contributed by atoms with Crippen molar-refractivity contribution in [2.45, 2.75) is 32.1 Å². The van der Waals surface area contributed by atoms with Gasteiger partial charge in [0.1, 0.15) is 5.75 Å². The number of amides is 2. The SMILES string of the molecule is O=C(Nc1ccccc1C(=O)N1CCCCCC1)c1ccc(OCCc2ccccc2)cc1. The summed E-state index contributed by atoms with van der Waals surface area (Å²) in [6.07, 6.45) is 5.20. The van der Waals surface area contributed by atoms with Gasteiger partial charge in [-0.05, 0) is 54.8 Å². The first-order valence-corrected chi connectivity index (χ1v) is 11.7. The maximum absolute atomic E-state index is 13.1. The van der Waals surface area contributed by atoms with Gasteiger partial charge < -0.3 is 15.0 Å². The lowest BCUT2D eigenvalue weighted by atomic mass is 10.1. The summed E-state index contributed by atoms with van der Waals surface area (Å²) in [7, 11) is 0. The highest BCUT2D eigenvalue weighted by atomic mass is 16.5. The first-order valence-electron chi connectivity index (χ1n) is 11.7. The molecule has 0 unspecified atom stereocenters. The molecule has 0 aliphatic carbocycles. The molecule has 0 radical (unpaired) electrons. The van der Waals surface area contributed by atoms with E-state index < -0.39 is 0 Å². The van der Waals surface area contributed by atoms with Crippen molar-refractivity contribution in [3.63, 3.8) is 0 Å². The Hall–Kier alpha value is -3.60. The van der Waals surface area contributed by atoms with Crippen LogP contribution in [0.3, 0.4) is 0 Å². The Bertz CT molecular complexity index is 1060. The minimum absolute atomic E-state index is 0.0186. The molecular weight excluding hydrogens is 412 g/mol. The van der Waals surface area contributed by atoms with Crippen LogP contribution in [0.4, 0.5) is 5.69 Å². The van der Waals surface area contributed by atoms with Crippen molar-refractivity contribution < 1.29 is 14.3 Å². The summed E-state index contributed by atoms with van der Waals surface area (Å²) in [4.78, 5) is 27.9. The molecule has 1 saturated heterocycles. The van der Waals surface area contributed by atoms with Gasteiger partial charge in [0, 0.05) is 25.1 Å². The summed E-state index contributed by atoms with van der Waals surface area (Å²) < 4.78 is 5.81. The third-order valence-electron chi connectivity index (χ3n) is 5.92. The van der Waals surface area contributed by atoms with Gasteiger partial charge >= 0.3 is 0 Å². The maximum atomic E-state index is 13.1. The van der Waals surface area contributed by atoms with Crippen LogP contribution in [0.25, 0.3) is 0 Å². The van der Waals surface area contributed by atoms with E-state index in [-0.39, 0.29) is 11.8 Å². The first-order chi connectivity index (χ1) is 16.2. The summed E-state index contributed by atoms with van der Waals surface area (Å²) in [5.41, 5.74) is 2.82. The largest absolute Gasteiger partial charge is 0.493 e. The Morgan fingerprint density at radius 2 is 1.45 bits per heavy atom. The number of likely N-dealkylation sites (tertiary alicyclic amines) is 1. The molecule has 1 N–H and O–H groups in total. The van der Waals surface area contributed by atoms with Crippen molar-refractivity contribution in [2.75, 3.05) is 25.0 Å². The quantitative estimate of drug-likeness (QED) is 0.520. The van der Waals surface area contributed by atoms with E-state index in [1.807, 2.05) is 35.2 Å². The lowest BCUT2D eigenvalue weighted by Crippen LogP contribution is -2.32. The molecule has 2 amide bonds. The van der Waals surface area contributed by atoms with E-state index in [1.165, 1.54) is 5.56 Å². The molecule has 0 saturated carbocycles. The molecule has 0 aromatic heterocycles. The van der Waals surface area contributed by atoms with Crippen LogP contribution >= 0.6 is 0 Å². The van der Waals surface area contributed by atoms with E-state index in [2.05, 4.69) is 17.4 Å². The fourth-order valence-corrected chi connectivity index (χ4v) is 4.05. The molecule has 5 nitrogen and oxygen atoms in total. The van der Waals surface area contributed by atoms with E-state index in [1.54, 1.807) is 36.4 Å². The van der Waals surface area contributed by atoms with Crippen molar-refractivity contribution in [3.05, 3.63) is 95.6 Å². The highest BCUT2D eigenvalue weighted by molar-refractivity contribution is 6.09.